The summed E-state index contributed by atoms with van der Waals surface area (Å²) in [5.74, 6) is -0.629. The van der Waals surface area contributed by atoms with Gasteiger partial charge >= 0.3 is 10.2 Å². The lowest BCUT2D eigenvalue weighted by Crippen LogP contribution is -2.52. The van der Waals surface area contributed by atoms with Gasteiger partial charge in [0.15, 0.2) is 0 Å². The number of nitrogens with one attached hydrogen (secondary N) is 1. The SMILES string of the molecule is COc1ccc(CN(C(=O)CN(c2ccc(F)cc2)S(=O)(=O)N(C)C)C(C)C(=O)NCC(C)C)cc1. The summed E-state index contributed by atoms with van der Waals surface area (Å²) in [7, 11) is 0.121. The van der Waals surface area contributed by atoms with E-state index in [1.165, 1.54) is 31.1 Å². The number of nitrogens with zero attached hydrogens (tertiary/aromatic N) is 3. The highest BCUT2D eigenvalue weighted by Crippen LogP contribution is 2.22. The number of ether oxygens (including phenoxy) is 1. The average Bonchev–Trinajstić information content (AvgIpc) is 2.84. The van der Waals surface area contributed by atoms with Gasteiger partial charge < -0.3 is 15.0 Å². The highest BCUT2D eigenvalue weighted by molar-refractivity contribution is 7.90. The first-order valence-electron chi connectivity index (χ1n) is 11.5. The number of benzene rings is 2. The summed E-state index contributed by atoms with van der Waals surface area (Å²) >= 11 is 0. The van der Waals surface area contributed by atoms with E-state index in [-0.39, 0.29) is 24.1 Å². The van der Waals surface area contributed by atoms with E-state index in [0.717, 1.165) is 26.3 Å². The van der Waals surface area contributed by atoms with Gasteiger partial charge in [0.25, 0.3) is 0 Å². The van der Waals surface area contributed by atoms with Crippen LogP contribution in [0.15, 0.2) is 48.5 Å². The number of halogens is 1. The van der Waals surface area contributed by atoms with Crippen LogP contribution in [0.5, 0.6) is 5.75 Å². The molecule has 0 saturated heterocycles. The molecule has 0 radical (unpaired) electrons. The Kier molecular flexibility index (Phi) is 10.2. The van der Waals surface area contributed by atoms with E-state index in [1.54, 1.807) is 38.3 Å². The summed E-state index contributed by atoms with van der Waals surface area (Å²) in [6.07, 6.45) is 0. The molecule has 0 saturated carbocycles. The van der Waals surface area contributed by atoms with Crippen molar-refractivity contribution < 1.29 is 27.1 Å². The quantitative estimate of drug-likeness (QED) is 0.462. The van der Waals surface area contributed by atoms with Gasteiger partial charge in [0.2, 0.25) is 11.8 Å². The molecule has 1 N–H and O–H groups in total. The minimum atomic E-state index is -4.10. The van der Waals surface area contributed by atoms with Crippen molar-refractivity contribution in [3.8, 4) is 5.75 Å². The molecule has 0 aliphatic rings. The molecule has 2 rings (SSSR count). The van der Waals surface area contributed by atoms with Crippen LogP contribution in [0.25, 0.3) is 0 Å². The number of carbonyl (C=O) groups excluding carboxylic acids is 2. The standard InChI is InChI=1S/C25H35FN4O5S/c1-18(2)15-27-25(32)19(3)29(16-20-7-13-23(35-6)14-8-20)24(31)17-30(36(33,34)28(4)5)22-11-9-21(26)10-12-22/h7-14,18-19H,15-17H2,1-6H3,(H,27,32). The smallest absolute Gasteiger partial charge is 0.304 e. The fraction of sp³-hybridized carbons (Fsp3) is 0.440. The number of methoxy groups -OCH3 is 1. The Morgan fingerprint density at radius 3 is 2.08 bits per heavy atom. The third-order valence-corrected chi connectivity index (χ3v) is 7.32. The van der Waals surface area contributed by atoms with Gasteiger partial charge in [-0.3, -0.25) is 9.59 Å². The van der Waals surface area contributed by atoms with Crippen LogP contribution >= 0.6 is 0 Å². The molecule has 0 aromatic heterocycles. The third kappa shape index (κ3) is 7.66. The fourth-order valence-electron chi connectivity index (χ4n) is 3.29. The summed E-state index contributed by atoms with van der Waals surface area (Å²) in [5.41, 5.74) is 0.858. The van der Waals surface area contributed by atoms with E-state index >= 15 is 0 Å². The van der Waals surface area contributed by atoms with Crippen LogP contribution in [0.1, 0.15) is 26.3 Å². The molecule has 0 aliphatic carbocycles. The Labute approximate surface area is 213 Å². The lowest BCUT2D eigenvalue weighted by Gasteiger charge is -2.33. The van der Waals surface area contributed by atoms with Crippen LogP contribution in [0.2, 0.25) is 0 Å². The van der Waals surface area contributed by atoms with E-state index in [0.29, 0.717) is 12.3 Å². The molecule has 0 heterocycles. The Morgan fingerprint density at radius 2 is 1.58 bits per heavy atom. The zero-order valence-corrected chi connectivity index (χ0v) is 22.4. The van der Waals surface area contributed by atoms with Crippen LogP contribution in [0, 0.1) is 11.7 Å². The van der Waals surface area contributed by atoms with Crippen molar-refractivity contribution in [3.63, 3.8) is 0 Å². The second-order valence-electron chi connectivity index (χ2n) is 8.96. The van der Waals surface area contributed by atoms with E-state index in [4.69, 9.17) is 4.74 Å². The van der Waals surface area contributed by atoms with Crippen molar-refractivity contribution in [2.24, 2.45) is 5.92 Å². The van der Waals surface area contributed by atoms with Crippen LogP contribution < -0.4 is 14.4 Å². The normalized spacial score (nSPS) is 12.4. The molecule has 0 fully saturated rings. The average molecular weight is 523 g/mol. The van der Waals surface area contributed by atoms with Crippen LogP contribution in [-0.4, -0.2) is 69.8 Å². The first-order chi connectivity index (χ1) is 16.9. The second kappa shape index (κ2) is 12.7. The van der Waals surface area contributed by atoms with Crippen LogP contribution in [0.4, 0.5) is 10.1 Å². The summed E-state index contributed by atoms with van der Waals surface area (Å²) in [6, 6.07) is 11.0. The molecule has 1 atom stereocenters. The monoisotopic (exact) mass is 522 g/mol. The number of amides is 2. The molecular formula is C25H35FN4O5S. The molecule has 0 spiro atoms. The van der Waals surface area contributed by atoms with Gasteiger partial charge in [-0.05, 0) is 54.8 Å². The van der Waals surface area contributed by atoms with Crippen LogP contribution in [-0.2, 0) is 26.3 Å². The Bertz CT molecular complexity index is 1120. The number of rotatable bonds is 12. The van der Waals surface area contributed by atoms with Gasteiger partial charge in [0, 0.05) is 27.2 Å². The topological polar surface area (TPSA) is 99.3 Å². The Balaban J connectivity index is 2.42. The summed E-state index contributed by atoms with van der Waals surface area (Å²) in [6.45, 7) is 5.43. The third-order valence-electron chi connectivity index (χ3n) is 5.50. The first-order valence-corrected chi connectivity index (χ1v) is 12.9. The summed E-state index contributed by atoms with van der Waals surface area (Å²) in [4.78, 5) is 27.8. The molecule has 36 heavy (non-hydrogen) atoms. The fourth-order valence-corrected chi connectivity index (χ4v) is 4.34. The van der Waals surface area contributed by atoms with Crippen LogP contribution in [0.3, 0.4) is 0 Å². The number of hydrogen-bond donors (Lipinski definition) is 1. The van der Waals surface area contributed by atoms with E-state index in [2.05, 4.69) is 5.32 Å². The highest BCUT2D eigenvalue weighted by Gasteiger charge is 2.32. The largest absolute Gasteiger partial charge is 0.497 e. The zero-order chi connectivity index (χ0) is 27.0. The molecule has 1 unspecified atom stereocenters. The Morgan fingerprint density at radius 1 is 1.00 bits per heavy atom. The van der Waals surface area contributed by atoms with Crippen molar-refractivity contribution in [1.29, 1.82) is 0 Å². The summed E-state index contributed by atoms with van der Waals surface area (Å²) < 4.78 is 46.7. The maximum absolute atomic E-state index is 13.6. The highest BCUT2D eigenvalue weighted by atomic mass is 32.2. The zero-order valence-electron chi connectivity index (χ0n) is 21.6. The molecule has 2 amide bonds. The van der Waals surface area contributed by atoms with Gasteiger partial charge in [0.05, 0.1) is 12.8 Å². The minimum absolute atomic E-state index is 0.0678. The van der Waals surface area contributed by atoms with E-state index < -0.39 is 34.5 Å². The van der Waals surface area contributed by atoms with Crippen molar-refractivity contribution >= 4 is 27.7 Å². The van der Waals surface area contributed by atoms with Crippen molar-refractivity contribution in [2.45, 2.75) is 33.4 Å². The van der Waals surface area contributed by atoms with Gasteiger partial charge in [-0.25, -0.2) is 8.70 Å². The minimum Gasteiger partial charge on any atom is -0.497 e. The van der Waals surface area contributed by atoms with E-state index in [9.17, 15) is 22.4 Å². The predicted molar refractivity (Wildman–Crippen MR) is 137 cm³/mol. The summed E-state index contributed by atoms with van der Waals surface area (Å²) in [5, 5.41) is 2.83. The molecule has 2 aromatic carbocycles. The van der Waals surface area contributed by atoms with Crippen molar-refractivity contribution in [3.05, 3.63) is 59.9 Å². The number of anilines is 1. The van der Waals surface area contributed by atoms with Crippen molar-refractivity contribution in [2.75, 3.05) is 38.6 Å². The lowest BCUT2D eigenvalue weighted by molar-refractivity contribution is -0.139. The maximum atomic E-state index is 13.6. The van der Waals surface area contributed by atoms with E-state index in [1.807, 2.05) is 13.8 Å². The molecular weight excluding hydrogens is 487 g/mol. The molecule has 198 valence electrons. The number of hydrogen-bond acceptors (Lipinski definition) is 5. The molecule has 0 aliphatic heterocycles. The Hall–Kier alpha value is -3.18. The maximum Gasteiger partial charge on any atom is 0.304 e. The van der Waals surface area contributed by atoms with Crippen molar-refractivity contribution in [1.82, 2.24) is 14.5 Å². The second-order valence-corrected chi connectivity index (χ2v) is 11.0. The lowest BCUT2D eigenvalue weighted by atomic mass is 10.1. The van der Waals surface area contributed by atoms with Gasteiger partial charge in [-0.15, -0.1) is 0 Å². The van der Waals surface area contributed by atoms with Gasteiger partial charge in [-0.1, -0.05) is 26.0 Å². The molecule has 0 bridgehead atoms. The molecule has 11 heteroatoms. The molecule has 9 nitrogen and oxygen atoms in total. The number of carbonyl (C=O) groups is 2. The van der Waals surface area contributed by atoms with Gasteiger partial charge in [0.1, 0.15) is 24.2 Å². The molecule has 2 aromatic rings. The van der Waals surface area contributed by atoms with Gasteiger partial charge in [-0.2, -0.15) is 12.7 Å². The predicted octanol–water partition coefficient (Wildman–Crippen LogP) is 2.64. The first kappa shape index (κ1) is 29.1.